The van der Waals surface area contributed by atoms with E-state index < -0.39 is 29.8 Å². The monoisotopic (exact) mass is 405 g/mol. The molecule has 1 atom stereocenters. The second-order valence-electron chi connectivity index (χ2n) is 5.99. The highest BCUT2D eigenvalue weighted by Crippen LogP contribution is 2.22. The minimum Gasteiger partial charge on any atom is -0.430 e. The van der Waals surface area contributed by atoms with Gasteiger partial charge in [-0.25, -0.2) is 4.79 Å². The SMILES string of the molecule is NC(OC(=O)C(F)(F)F)C(=O)Nc1ccc2cc(-c3ccccc3)[nH]c(=O)c2c1. The fourth-order valence-electron chi connectivity index (χ4n) is 2.56. The summed E-state index contributed by atoms with van der Waals surface area (Å²) in [6.07, 6.45) is -7.44. The van der Waals surface area contributed by atoms with Crippen LogP contribution in [0.3, 0.4) is 0 Å². The Morgan fingerprint density at radius 2 is 1.76 bits per heavy atom. The van der Waals surface area contributed by atoms with Gasteiger partial charge in [0.05, 0.1) is 0 Å². The Kier molecular flexibility index (Phi) is 5.37. The van der Waals surface area contributed by atoms with E-state index in [1.54, 1.807) is 12.1 Å². The molecule has 0 radical (unpaired) electrons. The molecule has 0 spiro atoms. The third kappa shape index (κ3) is 4.61. The van der Waals surface area contributed by atoms with Crippen LogP contribution >= 0.6 is 0 Å². The van der Waals surface area contributed by atoms with Gasteiger partial charge in [-0.3, -0.25) is 15.3 Å². The predicted molar refractivity (Wildman–Crippen MR) is 98.8 cm³/mol. The third-order valence-corrected chi connectivity index (χ3v) is 3.92. The number of rotatable bonds is 4. The summed E-state index contributed by atoms with van der Waals surface area (Å²) >= 11 is 0. The maximum atomic E-state index is 12.4. The largest absolute Gasteiger partial charge is 0.490 e. The summed E-state index contributed by atoms with van der Waals surface area (Å²) in [5.74, 6) is -3.76. The number of alkyl halides is 3. The van der Waals surface area contributed by atoms with E-state index in [0.717, 1.165) is 5.56 Å². The lowest BCUT2D eigenvalue weighted by atomic mass is 10.1. The van der Waals surface area contributed by atoms with Gasteiger partial charge >= 0.3 is 12.1 Å². The van der Waals surface area contributed by atoms with Crippen LogP contribution in [0.15, 0.2) is 59.4 Å². The predicted octanol–water partition coefficient (Wildman–Crippen LogP) is 2.52. The van der Waals surface area contributed by atoms with E-state index in [1.165, 1.54) is 12.1 Å². The highest BCUT2D eigenvalue weighted by Gasteiger charge is 2.42. The molecule has 0 aliphatic rings. The number of anilines is 1. The number of H-pyrrole nitrogens is 1. The van der Waals surface area contributed by atoms with Gasteiger partial charge in [-0.15, -0.1) is 0 Å². The number of hydrogen-bond donors (Lipinski definition) is 3. The molecule has 0 bridgehead atoms. The van der Waals surface area contributed by atoms with E-state index in [4.69, 9.17) is 5.73 Å². The molecule has 1 unspecified atom stereocenters. The van der Waals surface area contributed by atoms with Crippen LogP contribution < -0.4 is 16.6 Å². The van der Waals surface area contributed by atoms with Gasteiger partial charge < -0.3 is 15.0 Å². The fraction of sp³-hybridized carbons (Fsp3) is 0.105. The van der Waals surface area contributed by atoms with Crippen molar-refractivity contribution in [3.8, 4) is 11.3 Å². The first-order valence-corrected chi connectivity index (χ1v) is 8.22. The third-order valence-electron chi connectivity index (χ3n) is 3.92. The zero-order chi connectivity index (χ0) is 21.2. The first kappa shape index (κ1) is 20.1. The number of carbonyl (C=O) groups excluding carboxylic acids is 2. The number of aromatic amines is 1. The molecule has 10 heteroatoms. The van der Waals surface area contributed by atoms with Crippen molar-refractivity contribution in [2.24, 2.45) is 5.73 Å². The van der Waals surface area contributed by atoms with Crippen molar-refractivity contribution in [2.45, 2.75) is 12.4 Å². The topological polar surface area (TPSA) is 114 Å². The van der Waals surface area contributed by atoms with E-state index in [0.29, 0.717) is 11.1 Å². The van der Waals surface area contributed by atoms with Crippen LogP contribution in [0, 0.1) is 0 Å². The number of esters is 1. The van der Waals surface area contributed by atoms with Gasteiger partial charge in [0.25, 0.3) is 11.5 Å². The second-order valence-corrected chi connectivity index (χ2v) is 5.99. The standard InChI is InChI=1S/C19H14F3N3O4/c20-19(21,22)18(28)29-15(23)17(27)24-12-7-6-11-8-14(10-4-2-1-3-5-10)25-16(26)13(11)9-12/h1-9,15H,23H2,(H,24,27)(H,25,26). The molecule has 0 fully saturated rings. The van der Waals surface area contributed by atoms with E-state index in [2.05, 4.69) is 15.0 Å². The zero-order valence-electron chi connectivity index (χ0n) is 14.6. The first-order chi connectivity index (χ1) is 13.6. The molecule has 2 aromatic carbocycles. The van der Waals surface area contributed by atoms with Crippen molar-refractivity contribution in [2.75, 3.05) is 5.32 Å². The zero-order valence-corrected chi connectivity index (χ0v) is 14.6. The molecule has 4 N–H and O–H groups in total. The van der Waals surface area contributed by atoms with Crippen LogP contribution in [-0.2, 0) is 14.3 Å². The molecular weight excluding hydrogens is 391 g/mol. The summed E-state index contributed by atoms with van der Waals surface area (Å²) in [6.45, 7) is 0. The van der Waals surface area contributed by atoms with Gasteiger partial charge in [0.1, 0.15) is 0 Å². The van der Waals surface area contributed by atoms with E-state index in [-0.39, 0.29) is 11.1 Å². The maximum Gasteiger partial charge on any atom is 0.490 e. The number of carbonyl (C=O) groups is 2. The molecule has 0 saturated heterocycles. The Morgan fingerprint density at radius 1 is 1.07 bits per heavy atom. The highest BCUT2D eigenvalue weighted by atomic mass is 19.4. The number of ether oxygens (including phenoxy) is 1. The number of amides is 1. The van der Waals surface area contributed by atoms with E-state index >= 15 is 0 Å². The van der Waals surface area contributed by atoms with Crippen LogP contribution in [0.1, 0.15) is 0 Å². The number of nitrogens with one attached hydrogen (secondary N) is 2. The summed E-state index contributed by atoms with van der Waals surface area (Å²) < 4.78 is 40.4. The minimum atomic E-state index is -5.27. The maximum absolute atomic E-state index is 12.4. The van der Waals surface area contributed by atoms with Gasteiger partial charge in [-0.1, -0.05) is 36.4 Å². The highest BCUT2D eigenvalue weighted by molar-refractivity contribution is 5.97. The van der Waals surface area contributed by atoms with Crippen LogP contribution in [0.2, 0.25) is 0 Å². The molecule has 3 rings (SSSR count). The smallest absolute Gasteiger partial charge is 0.430 e. The molecule has 0 aliphatic heterocycles. The number of halogens is 3. The number of pyridine rings is 1. The second kappa shape index (κ2) is 7.76. The molecule has 0 saturated carbocycles. The van der Waals surface area contributed by atoms with E-state index in [9.17, 15) is 27.6 Å². The fourth-order valence-corrected chi connectivity index (χ4v) is 2.56. The lowest BCUT2D eigenvalue weighted by Gasteiger charge is -2.14. The van der Waals surface area contributed by atoms with Crippen molar-refractivity contribution in [3.05, 3.63) is 65.0 Å². The van der Waals surface area contributed by atoms with Crippen molar-refractivity contribution >= 4 is 28.3 Å². The Hall–Kier alpha value is -3.66. The normalized spacial score (nSPS) is 12.4. The van der Waals surface area contributed by atoms with Gasteiger partial charge in [-0.2, -0.15) is 13.2 Å². The van der Waals surface area contributed by atoms with Gasteiger partial charge in [0, 0.05) is 16.8 Å². The Balaban J connectivity index is 1.81. The van der Waals surface area contributed by atoms with Gasteiger partial charge in [0.2, 0.25) is 6.23 Å². The van der Waals surface area contributed by atoms with Crippen molar-refractivity contribution in [1.82, 2.24) is 4.98 Å². The quantitative estimate of drug-likeness (QED) is 0.456. The molecule has 7 nitrogen and oxygen atoms in total. The summed E-state index contributed by atoms with van der Waals surface area (Å²) in [4.78, 5) is 37.8. The lowest BCUT2D eigenvalue weighted by molar-refractivity contribution is -0.204. The van der Waals surface area contributed by atoms with Gasteiger partial charge in [0.15, 0.2) is 0 Å². The van der Waals surface area contributed by atoms with Crippen LogP contribution in [-0.4, -0.2) is 29.3 Å². The first-order valence-electron chi connectivity index (χ1n) is 8.22. The number of benzene rings is 2. The van der Waals surface area contributed by atoms with Gasteiger partial charge in [-0.05, 0) is 29.1 Å². The molecule has 3 aromatic rings. The Bertz CT molecular complexity index is 1130. The summed E-state index contributed by atoms with van der Waals surface area (Å²) in [7, 11) is 0. The molecule has 0 aliphatic carbocycles. The molecular formula is C19H14F3N3O4. The summed E-state index contributed by atoms with van der Waals surface area (Å²) in [5.41, 5.74) is 6.24. The average molecular weight is 405 g/mol. The molecule has 1 amide bonds. The van der Waals surface area contributed by atoms with Crippen LogP contribution in [0.25, 0.3) is 22.0 Å². The Labute approximate surface area is 161 Å². The molecule has 29 heavy (non-hydrogen) atoms. The van der Waals surface area contributed by atoms with Crippen molar-refractivity contribution in [3.63, 3.8) is 0 Å². The molecule has 150 valence electrons. The lowest BCUT2D eigenvalue weighted by Crippen LogP contribution is -2.42. The minimum absolute atomic E-state index is 0.0963. The van der Waals surface area contributed by atoms with Crippen LogP contribution in [0.4, 0.5) is 18.9 Å². The van der Waals surface area contributed by atoms with Crippen molar-refractivity contribution < 1.29 is 27.5 Å². The number of hydrogen-bond acceptors (Lipinski definition) is 5. The van der Waals surface area contributed by atoms with Crippen molar-refractivity contribution in [1.29, 1.82) is 0 Å². The molecule has 1 aromatic heterocycles. The molecule has 1 heterocycles. The Morgan fingerprint density at radius 3 is 2.41 bits per heavy atom. The summed E-state index contributed by atoms with van der Waals surface area (Å²) in [5, 5.41) is 3.02. The number of aromatic nitrogens is 1. The number of fused-ring (bicyclic) bond motifs is 1. The van der Waals surface area contributed by atoms with Crippen LogP contribution in [0.5, 0.6) is 0 Å². The number of nitrogens with two attached hydrogens (primary N) is 1. The van der Waals surface area contributed by atoms with E-state index in [1.807, 2.05) is 30.3 Å². The summed E-state index contributed by atoms with van der Waals surface area (Å²) in [6, 6.07) is 15.2. The average Bonchev–Trinajstić information content (AvgIpc) is 2.68.